The summed E-state index contributed by atoms with van der Waals surface area (Å²) in [5, 5.41) is 23.3. The van der Waals surface area contributed by atoms with Crippen molar-refractivity contribution in [1.29, 1.82) is 0 Å². The third-order valence-electron chi connectivity index (χ3n) is 4.43. The molecule has 0 fully saturated rings. The van der Waals surface area contributed by atoms with E-state index in [9.17, 15) is 19.2 Å². The van der Waals surface area contributed by atoms with Crippen molar-refractivity contribution in [3.05, 3.63) is 51.0 Å². The van der Waals surface area contributed by atoms with Crippen molar-refractivity contribution in [3.63, 3.8) is 0 Å². The van der Waals surface area contributed by atoms with Crippen LogP contribution in [0.2, 0.25) is 5.02 Å². The molecule has 172 valence electrons. The molecule has 14 heteroatoms. The largest absolute Gasteiger partial charge is 0.481 e. The standard InChI is InChI=1S/C19H18ClN7O6/c20-10-5-8(16(30)25-12(18(32)33)3-4-13(28)29)1-2-11(10)22-6-9-7-23-15-14(24-9)17(31)27-19(21)26-15/h1-2,5,7,12,22H,3-4,6H2,(H,25,30)(H,28,29)(H,32,33)(H3,21,23,26,27,31)/t12-/m0/s1. The highest BCUT2D eigenvalue weighted by molar-refractivity contribution is 6.33. The van der Waals surface area contributed by atoms with E-state index in [-0.39, 0.29) is 40.7 Å². The minimum Gasteiger partial charge on any atom is -0.481 e. The summed E-state index contributed by atoms with van der Waals surface area (Å²) in [5.74, 6) is -3.30. The summed E-state index contributed by atoms with van der Waals surface area (Å²) in [6.45, 7) is 0.147. The van der Waals surface area contributed by atoms with Crippen LogP contribution in [0.5, 0.6) is 0 Å². The number of fused-ring (bicyclic) bond motifs is 1. The molecule has 0 spiro atoms. The monoisotopic (exact) mass is 475 g/mol. The van der Waals surface area contributed by atoms with E-state index in [4.69, 9.17) is 27.5 Å². The summed E-state index contributed by atoms with van der Waals surface area (Å²) in [4.78, 5) is 60.7. The lowest BCUT2D eigenvalue weighted by molar-refractivity contribution is -0.140. The molecule has 0 aliphatic carbocycles. The number of aliphatic carboxylic acids is 2. The van der Waals surface area contributed by atoms with Gasteiger partial charge in [-0.15, -0.1) is 0 Å². The SMILES string of the molecule is Nc1nc2ncc(CNc3ccc(C(=O)N[C@@H](CCC(=O)O)C(=O)O)cc3Cl)nc2c(=O)[nH]1. The second-order valence-corrected chi connectivity index (χ2v) is 7.24. The first-order valence-electron chi connectivity index (χ1n) is 9.44. The van der Waals surface area contributed by atoms with E-state index >= 15 is 0 Å². The maximum atomic E-state index is 12.4. The Hall–Kier alpha value is -4.26. The van der Waals surface area contributed by atoms with Crippen LogP contribution in [0, 0.1) is 0 Å². The van der Waals surface area contributed by atoms with Gasteiger partial charge in [0, 0.05) is 12.0 Å². The average Bonchev–Trinajstić information content (AvgIpc) is 2.75. The van der Waals surface area contributed by atoms with Crippen LogP contribution in [0.4, 0.5) is 11.6 Å². The third-order valence-corrected chi connectivity index (χ3v) is 4.74. The Morgan fingerprint density at radius 1 is 1.21 bits per heavy atom. The molecule has 3 aromatic rings. The van der Waals surface area contributed by atoms with E-state index in [0.29, 0.717) is 11.4 Å². The zero-order valence-electron chi connectivity index (χ0n) is 16.8. The van der Waals surface area contributed by atoms with Crippen molar-refractivity contribution in [2.75, 3.05) is 11.1 Å². The molecule has 3 rings (SSSR count). The van der Waals surface area contributed by atoms with Crippen molar-refractivity contribution in [3.8, 4) is 0 Å². The number of nitrogens with two attached hydrogens (primary N) is 1. The zero-order chi connectivity index (χ0) is 24.1. The minimum absolute atomic E-state index is 0.0255. The molecule has 0 saturated carbocycles. The Kier molecular flexibility index (Phi) is 7.03. The number of aromatic amines is 1. The van der Waals surface area contributed by atoms with E-state index in [1.807, 2.05) is 0 Å². The molecular weight excluding hydrogens is 458 g/mol. The first kappa shape index (κ1) is 23.4. The van der Waals surface area contributed by atoms with E-state index in [1.54, 1.807) is 0 Å². The predicted molar refractivity (Wildman–Crippen MR) is 117 cm³/mol. The Morgan fingerprint density at radius 2 is 1.97 bits per heavy atom. The number of H-pyrrole nitrogens is 1. The molecule has 1 atom stereocenters. The molecule has 1 aromatic carbocycles. The van der Waals surface area contributed by atoms with Crippen LogP contribution in [-0.2, 0) is 16.1 Å². The maximum absolute atomic E-state index is 12.4. The van der Waals surface area contributed by atoms with Gasteiger partial charge in [-0.2, -0.15) is 4.98 Å². The van der Waals surface area contributed by atoms with Gasteiger partial charge >= 0.3 is 11.9 Å². The normalized spacial score (nSPS) is 11.7. The van der Waals surface area contributed by atoms with Crippen LogP contribution < -0.4 is 21.9 Å². The Morgan fingerprint density at radius 3 is 2.64 bits per heavy atom. The summed E-state index contributed by atoms with van der Waals surface area (Å²) in [5.41, 5.74) is 6.03. The molecule has 0 aliphatic rings. The summed E-state index contributed by atoms with van der Waals surface area (Å²) < 4.78 is 0. The van der Waals surface area contributed by atoms with Crippen molar-refractivity contribution < 1.29 is 24.6 Å². The van der Waals surface area contributed by atoms with Gasteiger partial charge in [-0.1, -0.05) is 11.6 Å². The van der Waals surface area contributed by atoms with Gasteiger partial charge in [0.25, 0.3) is 11.5 Å². The molecule has 0 saturated heterocycles. The molecule has 13 nitrogen and oxygen atoms in total. The number of rotatable bonds is 9. The lowest BCUT2D eigenvalue weighted by Crippen LogP contribution is -2.41. The lowest BCUT2D eigenvalue weighted by atomic mass is 10.1. The van der Waals surface area contributed by atoms with Crippen LogP contribution in [0.25, 0.3) is 11.2 Å². The van der Waals surface area contributed by atoms with E-state index in [0.717, 1.165) is 0 Å². The third kappa shape index (κ3) is 5.92. The Bertz CT molecular complexity index is 1300. The van der Waals surface area contributed by atoms with Crippen molar-refractivity contribution in [1.82, 2.24) is 25.3 Å². The highest BCUT2D eigenvalue weighted by atomic mass is 35.5. The fourth-order valence-corrected chi connectivity index (χ4v) is 3.06. The van der Waals surface area contributed by atoms with E-state index in [1.165, 1.54) is 24.4 Å². The molecule has 0 radical (unpaired) electrons. The van der Waals surface area contributed by atoms with Gasteiger partial charge in [0.2, 0.25) is 5.95 Å². The molecule has 2 aromatic heterocycles. The number of halogens is 1. The summed E-state index contributed by atoms with van der Waals surface area (Å²) in [7, 11) is 0. The Labute approximate surface area is 190 Å². The second kappa shape index (κ2) is 9.91. The summed E-state index contributed by atoms with van der Waals surface area (Å²) in [6.07, 6.45) is 0.745. The number of nitrogen functional groups attached to an aromatic ring is 1. The van der Waals surface area contributed by atoms with Crippen molar-refractivity contribution in [2.45, 2.75) is 25.4 Å². The van der Waals surface area contributed by atoms with Crippen LogP contribution in [0.1, 0.15) is 28.9 Å². The highest BCUT2D eigenvalue weighted by Gasteiger charge is 2.22. The predicted octanol–water partition coefficient (Wildman–Crippen LogP) is 0.609. The van der Waals surface area contributed by atoms with Crippen LogP contribution in [0.3, 0.4) is 0 Å². The first-order chi connectivity index (χ1) is 15.6. The number of nitrogens with one attached hydrogen (secondary N) is 3. The van der Waals surface area contributed by atoms with E-state index in [2.05, 4.69) is 30.6 Å². The molecule has 0 aliphatic heterocycles. The van der Waals surface area contributed by atoms with Gasteiger partial charge in [0.05, 0.1) is 29.1 Å². The van der Waals surface area contributed by atoms with Gasteiger partial charge in [-0.05, 0) is 24.6 Å². The number of carboxylic acid groups (broad SMARTS) is 2. The van der Waals surface area contributed by atoms with Crippen LogP contribution in [-0.4, -0.2) is 54.0 Å². The summed E-state index contributed by atoms with van der Waals surface area (Å²) in [6, 6.07) is 2.90. The first-order valence-corrected chi connectivity index (χ1v) is 9.82. The number of carboxylic acids is 2. The topological polar surface area (TPSA) is 213 Å². The number of carbonyl (C=O) groups excluding carboxylic acids is 1. The van der Waals surface area contributed by atoms with Gasteiger partial charge in [0.1, 0.15) is 6.04 Å². The number of aromatic nitrogens is 4. The van der Waals surface area contributed by atoms with Gasteiger partial charge in [-0.3, -0.25) is 19.4 Å². The van der Waals surface area contributed by atoms with Crippen LogP contribution >= 0.6 is 11.6 Å². The molecule has 0 bridgehead atoms. The smallest absolute Gasteiger partial charge is 0.326 e. The highest BCUT2D eigenvalue weighted by Crippen LogP contribution is 2.24. The van der Waals surface area contributed by atoms with Gasteiger partial charge in [-0.25, -0.2) is 14.8 Å². The molecule has 0 unspecified atom stereocenters. The fraction of sp³-hybridized carbons (Fsp3) is 0.211. The number of benzene rings is 1. The van der Waals surface area contributed by atoms with Crippen LogP contribution in [0.15, 0.2) is 29.2 Å². The number of nitrogens with zero attached hydrogens (tertiary/aromatic N) is 3. The zero-order valence-corrected chi connectivity index (χ0v) is 17.6. The number of anilines is 2. The lowest BCUT2D eigenvalue weighted by Gasteiger charge is -2.14. The number of hydrogen-bond donors (Lipinski definition) is 6. The van der Waals surface area contributed by atoms with Gasteiger partial charge in [0.15, 0.2) is 11.2 Å². The quantitative estimate of drug-likeness (QED) is 0.252. The Balaban J connectivity index is 1.68. The number of hydrogen-bond acceptors (Lipinski definition) is 9. The number of carbonyl (C=O) groups is 3. The summed E-state index contributed by atoms with van der Waals surface area (Å²) >= 11 is 6.23. The maximum Gasteiger partial charge on any atom is 0.326 e. The van der Waals surface area contributed by atoms with Crippen molar-refractivity contribution >= 4 is 52.2 Å². The molecule has 2 heterocycles. The number of amides is 1. The molecule has 1 amide bonds. The fourth-order valence-electron chi connectivity index (χ4n) is 2.81. The minimum atomic E-state index is -1.36. The van der Waals surface area contributed by atoms with E-state index < -0.39 is 35.9 Å². The van der Waals surface area contributed by atoms with Crippen molar-refractivity contribution in [2.24, 2.45) is 0 Å². The molecule has 33 heavy (non-hydrogen) atoms. The average molecular weight is 476 g/mol. The molecule has 7 N–H and O–H groups in total. The molecular formula is C19H18ClN7O6. The van der Waals surface area contributed by atoms with Gasteiger partial charge < -0.3 is 26.6 Å². The second-order valence-electron chi connectivity index (χ2n) is 6.83.